The highest BCUT2D eigenvalue weighted by atomic mass is 16.2. The molecule has 0 bridgehead atoms. The number of fused-ring (bicyclic) bond motifs is 1. The van der Waals surface area contributed by atoms with Crippen LogP contribution in [0.1, 0.15) is 63.4 Å². The number of pyridine rings is 1. The molecule has 2 saturated carbocycles. The molecule has 0 spiro atoms. The fraction of sp³-hybridized carbons (Fsp3) is 0.593. The second-order valence-corrected chi connectivity index (χ2v) is 10.2. The molecule has 2 heterocycles. The molecule has 0 N–H and O–H groups in total. The first-order valence-corrected chi connectivity index (χ1v) is 12.7. The number of likely N-dealkylation sites (tertiary alicyclic amines) is 1. The van der Waals surface area contributed by atoms with Crippen molar-refractivity contribution in [1.82, 2.24) is 14.4 Å². The number of para-hydroxylation sites is 1. The molecule has 2 aliphatic carbocycles. The number of carbonyl (C=O) groups is 2. The van der Waals surface area contributed by atoms with E-state index in [0.29, 0.717) is 31.1 Å². The summed E-state index contributed by atoms with van der Waals surface area (Å²) in [7, 11) is 1.81. The summed E-state index contributed by atoms with van der Waals surface area (Å²) in [6, 6.07) is 9.94. The predicted molar refractivity (Wildman–Crippen MR) is 129 cm³/mol. The summed E-state index contributed by atoms with van der Waals surface area (Å²) in [6.07, 6.45) is 8.96. The molecule has 0 atom stereocenters. The van der Waals surface area contributed by atoms with E-state index in [9.17, 15) is 14.4 Å². The van der Waals surface area contributed by atoms with Gasteiger partial charge in [0.15, 0.2) is 0 Å². The van der Waals surface area contributed by atoms with Crippen LogP contribution in [0.5, 0.6) is 0 Å². The summed E-state index contributed by atoms with van der Waals surface area (Å²) < 4.78 is 1.70. The molecule has 6 nitrogen and oxygen atoms in total. The van der Waals surface area contributed by atoms with Gasteiger partial charge in [-0.1, -0.05) is 37.5 Å². The quantitative estimate of drug-likeness (QED) is 0.697. The van der Waals surface area contributed by atoms with Crippen LogP contribution in [-0.2, 0) is 23.2 Å². The Labute approximate surface area is 195 Å². The Balaban J connectivity index is 1.40. The molecule has 2 amide bonds. The van der Waals surface area contributed by atoms with Gasteiger partial charge in [0.1, 0.15) is 0 Å². The van der Waals surface area contributed by atoms with E-state index in [0.717, 1.165) is 62.3 Å². The van der Waals surface area contributed by atoms with Crippen molar-refractivity contribution >= 4 is 22.7 Å². The normalized spacial score (nSPS) is 20.2. The topological polar surface area (TPSA) is 62.6 Å². The number of hydrogen-bond donors (Lipinski definition) is 0. The van der Waals surface area contributed by atoms with Crippen LogP contribution in [0.2, 0.25) is 0 Å². The van der Waals surface area contributed by atoms with Gasteiger partial charge >= 0.3 is 0 Å². The van der Waals surface area contributed by atoms with E-state index in [2.05, 4.69) is 0 Å². The Hall–Kier alpha value is -2.63. The minimum Gasteiger partial charge on any atom is -0.342 e. The van der Waals surface area contributed by atoms with Crippen molar-refractivity contribution in [1.29, 1.82) is 0 Å². The maximum absolute atomic E-state index is 13.7. The molecule has 1 aromatic heterocycles. The lowest BCUT2D eigenvalue weighted by atomic mass is 9.87. The summed E-state index contributed by atoms with van der Waals surface area (Å²) in [5.74, 6) is 0.801. The van der Waals surface area contributed by atoms with Crippen molar-refractivity contribution < 1.29 is 9.59 Å². The third-order valence-corrected chi connectivity index (χ3v) is 7.93. The van der Waals surface area contributed by atoms with Crippen molar-refractivity contribution in [3.05, 3.63) is 46.2 Å². The first-order chi connectivity index (χ1) is 16.0. The zero-order valence-corrected chi connectivity index (χ0v) is 19.7. The third kappa shape index (κ3) is 4.57. The Morgan fingerprint density at radius 3 is 2.33 bits per heavy atom. The SMILES string of the molecule is Cn1c(=O)c(CN(C(=O)C2CCCCC2)C2CCN(C(=O)C3CC3)CC2)cc2ccccc21. The summed E-state index contributed by atoms with van der Waals surface area (Å²) in [4.78, 5) is 43.4. The van der Waals surface area contributed by atoms with Crippen LogP contribution in [0.15, 0.2) is 35.1 Å². The van der Waals surface area contributed by atoms with E-state index in [1.165, 1.54) is 6.42 Å². The molecule has 3 fully saturated rings. The molecule has 1 aliphatic heterocycles. The van der Waals surface area contributed by atoms with Gasteiger partial charge in [0.25, 0.3) is 5.56 Å². The smallest absolute Gasteiger partial charge is 0.255 e. The Morgan fingerprint density at radius 1 is 0.939 bits per heavy atom. The number of amides is 2. The van der Waals surface area contributed by atoms with Crippen molar-refractivity contribution in [3.8, 4) is 0 Å². The average Bonchev–Trinajstić information content (AvgIpc) is 3.71. The van der Waals surface area contributed by atoms with E-state index in [4.69, 9.17) is 0 Å². The fourth-order valence-corrected chi connectivity index (χ4v) is 5.74. The van der Waals surface area contributed by atoms with Crippen molar-refractivity contribution in [2.75, 3.05) is 13.1 Å². The summed E-state index contributed by atoms with van der Waals surface area (Å²) in [5.41, 5.74) is 1.55. The lowest BCUT2D eigenvalue weighted by Crippen LogP contribution is -2.50. The molecule has 1 saturated heterocycles. The number of nitrogens with zero attached hydrogens (tertiary/aromatic N) is 3. The first-order valence-electron chi connectivity index (χ1n) is 12.7. The predicted octanol–water partition coefficient (Wildman–Crippen LogP) is 3.85. The summed E-state index contributed by atoms with van der Waals surface area (Å²) in [6.45, 7) is 1.78. The Bertz CT molecular complexity index is 1090. The van der Waals surface area contributed by atoms with Crippen LogP contribution in [0, 0.1) is 11.8 Å². The van der Waals surface area contributed by atoms with Crippen LogP contribution in [0.25, 0.3) is 10.9 Å². The molecule has 3 aliphatic rings. The molecule has 0 unspecified atom stereocenters. The maximum atomic E-state index is 13.7. The fourth-order valence-electron chi connectivity index (χ4n) is 5.74. The molecule has 1 aromatic carbocycles. The van der Waals surface area contributed by atoms with E-state index in [-0.39, 0.29) is 29.3 Å². The highest BCUT2D eigenvalue weighted by Crippen LogP contribution is 2.33. The number of piperidine rings is 1. The van der Waals surface area contributed by atoms with E-state index in [1.54, 1.807) is 4.57 Å². The van der Waals surface area contributed by atoms with Gasteiger partial charge in [-0.15, -0.1) is 0 Å². The van der Waals surface area contributed by atoms with Crippen molar-refractivity contribution in [2.24, 2.45) is 18.9 Å². The molecule has 176 valence electrons. The van der Waals surface area contributed by atoms with Crippen LogP contribution < -0.4 is 5.56 Å². The van der Waals surface area contributed by atoms with Gasteiger partial charge in [0.05, 0.1) is 12.1 Å². The molecular weight excluding hydrogens is 414 g/mol. The van der Waals surface area contributed by atoms with Crippen LogP contribution in [0.3, 0.4) is 0 Å². The molecule has 6 heteroatoms. The number of aromatic nitrogens is 1. The molecular formula is C27H35N3O3. The first kappa shape index (κ1) is 22.2. The summed E-state index contributed by atoms with van der Waals surface area (Å²) >= 11 is 0. The van der Waals surface area contributed by atoms with E-state index >= 15 is 0 Å². The third-order valence-electron chi connectivity index (χ3n) is 7.93. The molecule has 0 radical (unpaired) electrons. The van der Waals surface area contributed by atoms with Gasteiger partial charge in [0.2, 0.25) is 11.8 Å². The Kier molecular flexibility index (Phi) is 6.26. The lowest BCUT2D eigenvalue weighted by molar-refractivity contribution is -0.142. The number of carbonyl (C=O) groups excluding carboxylic acids is 2. The zero-order chi connectivity index (χ0) is 22.9. The van der Waals surface area contributed by atoms with E-state index < -0.39 is 0 Å². The second kappa shape index (κ2) is 9.32. The van der Waals surface area contributed by atoms with Gasteiger partial charge in [-0.25, -0.2) is 0 Å². The van der Waals surface area contributed by atoms with Crippen molar-refractivity contribution in [3.63, 3.8) is 0 Å². The van der Waals surface area contributed by atoms with Gasteiger partial charge in [0, 0.05) is 43.6 Å². The highest BCUT2D eigenvalue weighted by Gasteiger charge is 2.37. The van der Waals surface area contributed by atoms with Gasteiger partial charge in [-0.3, -0.25) is 14.4 Å². The van der Waals surface area contributed by atoms with Gasteiger partial charge in [-0.2, -0.15) is 0 Å². The molecule has 33 heavy (non-hydrogen) atoms. The molecule has 2 aromatic rings. The summed E-state index contributed by atoms with van der Waals surface area (Å²) in [5, 5.41) is 1.02. The monoisotopic (exact) mass is 449 g/mol. The Morgan fingerprint density at radius 2 is 1.64 bits per heavy atom. The average molecular weight is 450 g/mol. The molecule has 5 rings (SSSR count). The largest absolute Gasteiger partial charge is 0.342 e. The van der Waals surface area contributed by atoms with Crippen molar-refractivity contribution in [2.45, 2.75) is 70.4 Å². The lowest BCUT2D eigenvalue weighted by Gasteiger charge is -2.40. The minimum absolute atomic E-state index is 0.0310. The maximum Gasteiger partial charge on any atom is 0.255 e. The number of hydrogen-bond acceptors (Lipinski definition) is 3. The van der Waals surface area contributed by atoms with E-state index in [1.807, 2.05) is 47.2 Å². The zero-order valence-electron chi connectivity index (χ0n) is 19.7. The highest BCUT2D eigenvalue weighted by molar-refractivity contribution is 5.82. The van der Waals surface area contributed by atoms with Gasteiger partial charge in [-0.05, 0) is 56.0 Å². The van der Waals surface area contributed by atoms with Crippen LogP contribution in [0.4, 0.5) is 0 Å². The number of aryl methyl sites for hydroxylation is 1. The second-order valence-electron chi connectivity index (χ2n) is 10.2. The van der Waals surface area contributed by atoms with Crippen LogP contribution >= 0.6 is 0 Å². The standard InChI is InChI=1S/C27H35N3O3/c1-28-24-10-6-5-9-21(24)17-22(25(28)31)18-30(27(33)19-7-3-2-4-8-19)23-13-15-29(16-14-23)26(32)20-11-12-20/h5-6,9-10,17,19-20,23H,2-4,7-8,11-16,18H2,1H3. The van der Waals surface area contributed by atoms with Gasteiger partial charge < -0.3 is 14.4 Å². The number of benzene rings is 1. The number of rotatable bonds is 5. The van der Waals surface area contributed by atoms with Crippen LogP contribution in [-0.4, -0.2) is 45.3 Å². The minimum atomic E-state index is -0.0310.